The second-order valence-corrected chi connectivity index (χ2v) is 7.91. The maximum atomic E-state index is 12.4. The first-order valence-corrected chi connectivity index (χ1v) is 10.5. The van der Waals surface area contributed by atoms with E-state index in [9.17, 15) is 4.79 Å². The molecule has 6 heteroatoms. The van der Waals surface area contributed by atoms with Gasteiger partial charge in [0, 0.05) is 58.3 Å². The molecule has 3 aliphatic rings. The highest BCUT2D eigenvalue weighted by Crippen LogP contribution is 2.33. The molecular formula is C22H31N3O3. The first-order valence-electron chi connectivity index (χ1n) is 10.5. The Hall–Kier alpha value is -2.05. The summed E-state index contributed by atoms with van der Waals surface area (Å²) >= 11 is 0. The summed E-state index contributed by atoms with van der Waals surface area (Å²) in [5.74, 6) is 1.98. The van der Waals surface area contributed by atoms with Crippen LogP contribution in [-0.2, 0) is 11.3 Å². The molecular weight excluding hydrogens is 354 g/mol. The smallest absolute Gasteiger partial charge is 0.231 e. The molecule has 0 N–H and O–H groups in total. The van der Waals surface area contributed by atoms with Crippen molar-refractivity contribution < 1.29 is 14.3 Å². The maximum absolute atomic E-state index is 12.4. The summed E-state index contributed by atoms with van der Waals surface area (Å²) in [6, 6.07) is 6.75. The van der Waals surface area contributed by atoms with Crippen molar-refractivity contribution in [1.29, 1.82) is 0 Å². The van der Waals surface area contributed by atoms with E-state index >= 15 is 0 Å². The van der Waals surface area contributed by atoms with Crippen LogP contribution in [0.5, 0.6) is 11.5 Å². The molecule has 0 spiro atoms. The Morgan fingerprint density at radius 2 is 1.96 bits per heavy atom. The van der Waals surface area contributed by atoms with Crippen molar-refractivity contribution in [3.8, 4) is 11.5 Å². The molecule has 1 aromatic carbocycles. The van der Waals surface area contributed by atoms with Crippen molar-refractivity contribution >= 4 is 5.91 Å². The number of hydrogen-bond donors (Lipinski definition) is 0. The summed E-state index contributed by atoms with van der Waals surface area (Å²) in [7, 11) is 0. The molecule has 1 aromatic rings. The minimum absolute atomic E-state index is 0.268. The number of benzene rings is 1. The lowest BCUT2D eigenvalue weighted by Gasteiger charge is -2.43. The topological polar surface area (TPSA) is 45.3 Å². The highest BCUT2D eigenvalue weighted by Gasteiger charge is 2.29. The molecule has 2 fully saturated rings. The molecule has 0 bridgehead atoms. The number of amides is 1. The summed E-state index contributed by atoms with van der Waals surface area (Å²) in [6.45, 7) is 9.33. The van der Waals surface area contributed by atoms with Gasteiger partial charge in [0.1, 0.15) is 0 Å². The number of nitrogens with zero attached hydrogens (tertiary/aromatic N) is 3. The Labute approximate surface area is 167 Å². The first kappa shape index (κ1) is 19.3. The summed E-state index contributed by atoms with van der Waals surface area (Å²) < 4.78 is 10.9. The predicted molar refractivity (Wildman–Crippen MR) is 108 cm³/mol. The third-order valence-electron chi connectivity index (χ3n) is 6.04. The fourth-order valence-corrected chi connectivity index (χ4v) is 4.41. The lowest BCUT2D eigenvalue weighted by molar-refractivity contribution is -0.132. The Kier molecular flexibility index (Phi) is 6.17. The highest BCUT2D eigenvalue weighted by atomic mass is 16.7. The molecule has 3 heterocycles. The van der Waals surface area contributed by atoms with Crippen LogP contribution in [0.2, 0.25) is 0 Å². The van der Waals surface area contributed by atoms with Crippen molar-refractivity contribution in [3.63, 3.8) is 0 Å². The van der Waals surface area contributed by atoms with Gasteiger partial charge >= 0.3 is 0 Å². The SMILES string of the molecule is CC=CCC(=O)N1CCCC(N2CCN(Cc3ccc4c(c3)OCO4)CC2)C1. The molecule has 6 nitrogen and oxygen atoms in total. The lowest BCUT2D eigenvalue weighted by Crippen LogP contribution is -2.55. The van der Waals surface area contributed by atoms with Crippen molar-refractivity contribution in [1.82, 2.24) is 14.7 Å². The third kappa shape index (κ3) is 4.50. The zero-order chi connectivity index (χ0) is 19.3. The molecule has 0 aromatic heterocycles. The van der Waals surface area contributed by atoms with E-state index in [0.717, 1.165) is 63.7 Å². The van der Waals surface area contributed by atoms with Gasteiger partial charge in [0.05, 0.1) is 0 Å². The van der Waals surface area contributed by atoms with Crippen LogP contribution in [0.25, 0.3) is 0 Å². The molecule has 1 unspecified atom stereocenters. The zero-order valence-corrected chi connectivity index (χ0v) is 16.8. The normalized spacial score (nSPS) is 23.5. The van der Waals surface area contributed by atoms with E-state index in [1.807, 2.05) is 25.1 Å². The number of piperazine rings is 1. The van der Waals surface area contributed by atoms with Crippen LogP contribution in [0.4, 0.5) is 0 Å². The molecule has 1 atom stereocenters. The average Bonchev–Trinajstić information content (AvgIpc) is 3.20. The van der Waals surface area contributed by atoms with E-state index < -0.39 is 0 Å². The molecule has 0 radical (unpaired) electrons. The van der Waals surface area contributed by atoms with Gasteiger partial charge in [-0.2, -0.15) is 0 Å². The Balaban J connectivity index is 1.26. The Morgan fingerprint density at radius 1 is 1.14 bits per heavy atom. The standard InChI is InChI=1S/C22H31N3O3/c1-2-3-6-22(26)25-9-4-5-19(16-25)24-12-10-23(11-13-24)15-18-7-8-20-21(14-18)28-17-27-20/h2-3,7-8,14,19H,4-6,9-13,15-17H2,1H3. The number of fused-ring (bicyclic) bond motifs is 1. The number of rotatable bonds is 5. The van der Waals surface area contributed by atoms with Crippen LogP contribution >= 0.6 is 0 Å². The van der Waals surface area contributed by atoms with E-state index in [0.29, 0.717) is 19.3 Å². The van der Waals surface area contributed by atoms with Crippen LogP contribution in [0.15, 0.2) is 30.4 Å². The van der Waals surface area contributed by atoms with Crippen LogP contribution in [0, 0.1) is 0 Å². The number of likely N-dealkylation sites (tertiary alicyclic amines) is 1. The van der Waals surface area contributed by atoms with E-state index in [2.05, 4.69) is 26.8 Å². The molecule has 3 aliphatic heterocycles. The lowest BCUT2D eigenvalue weighted by atomic mass is 10.0. The van der Waals surface area contributed by atoms with Crippen molar-refractivity contribution in [2.24, 2.45) is 0 Å². The number of ether oxygens (including phenoxy) is 2. The van der Waals surface area contributed by atoms with Crippen molar-refractivity contribution in [2.75, 3.05) is 46.1 Å². The molecule has 2 saturated heterocycles. The van der Waals surface area contributed by atoms with E-state index in [1.54, 1.807) is 0 Å². The number of allylic oxidation sites excluding steroid dienone is 1. The predicted octanol–water partition coefficient (Wildman–Crippen LogP) is 2.49. The quantitative estimate of drug-likeness (QED) is 0.729. The molecule has 152 valence electrons. The minimum Gasteiger partial charge on any atom is -0.454 e. The van der Waals surface area contributed by atoms with Crippen LogP contribution in [-0.4, -0.2) is 72.7 Å². The molecule has 28 heavy (non-hydrogen) atoms. The largest absolute Gasteiger partial charge is 0.454 e. The molecule has 0 aliphatic carbocycles. The molecule has 1 amide bonds. The monoisotopic (exact) mass is 385 g/mol. The number of carbonyl (C=O) groups is 1. The van der Waals surface area contributed by atoms with Gasteiger partial charge < -0.3 is 14.4 Å². The van der Waals surface area contributed by atoms with Crippen molar-refractivity contribution in [3.05, 3.63) is 35.9 Å². The van der Waals surface area contributed by atoms with E-state index in [1.165, 1.54) is 12.0 Å². The highest BCUT2D eigenvalue weighted by molar-refractivity contribution is 5.77. The maximum Gasteiger partial charge on any atom is 0.231 e. The summed E-state index contributed by atoms with van der Waals surface area (Å²) in [6.07, 6.45) is 6.77. The Bertz CT molecular complexity index is 713. The number of hydrogen-bond acceptors (Lipinski definition) is 5. The Morgan fingerprint density at radius 3 is 2.79 bits per heavy atom. The van der Waals surface area contributed by atoms with E-state index in [-0.39, 0.29) is 5.91 Å². The van der Waals surface area contributed by atoms with Crippen LogP contribution in [0.3, 0.4) is 0 Å². The first-order chi connectivity index (χ1) is 13.7. The van der Waals surface area contributed by atoms with Crippen LogP contribution < -0.4 is 9.47 Å². The summed E-state index contributed by atoms with van der Waals surface area (Å²) in [5.41, 5.74) is 1.27. The van der Waals surface area contributed by atoms with Crippen molar-refractivity contribution in [2.45, 2.75) is 38.8 Å². The number of piperidine rings is 1. The van der Waals surface area contributed by atoms with Gasteiger partial charge in [0.15, 0.2) is 11.5 Å². The minimum atomic E-state index is 0.268. The number of carbonyl (C=O) groups excluding carboxylic acids is 1. The van der Waals surface area contributed by atoms with Gasteiger partial charge in [-0.05, 0) is 37.5 Å². The second kappa shape index (κ2) is 8.97. The average molecular weight is 386 g/mol. The van der Waals surface area contributed by atoms with Gasteiger partial charge in [0.2, 0.25) is 12.7 Å². The van der Waals surface area contributed by atoms with Gasteiger partial charge in [-0.3, -0.25) is 14.6 Å². The fraction of sp³-hybridized carbons (Fsp3) is 0.591. The second-order valence-electron chi connectivity index (χ2n) is 7.91. The summed E-state index contributed by atoms with van der Waals surface area (Å²) in [4.78, 5) is 19.5. The van der Waals surface area contributed by atoms with Gasteiger partial charge in [0.25, 0.3) is 0 Å². The van der Waals surface area contributed by atoms with Gasteiger partial charge in [-0.25, -0.2) is 0 Å². The van der Waals surface area contributed by atoms with E-state index in [4.69, 9.17) is 9.47 Å². The summed E-state index contributed by atoms with van der Waals surface area (Å²) in [5, 5.41) is 0. The zero-order valence-electron chi connectivity index (χ0n) is 16.8. The van der Waals surface area contributed by atoms with Gasteiger partial charge in [-0.1, -0.05) is 18.2 Å². The third-order valence-corrected chi connectivity index (χ3v) is 6.04. The molecule has 0 saturated carbocycles. The molecule has 4 rings (SSSR count). The van der Waals surface area contributed by atoms with Gasteiger partial charge in [-0.15, -0.1) is 0 Å². The van der Waals surface area contributed by atoms with Crippen LogP contribution in [0.1, 0.15) is 31.7 Å². The fourth-order valence-electron chi connectivity index (χ4n) is 4.41.